The summed E-state index contributed by atoms with van der Waals surface area (Å²) in [7, 11) is 0. The van der Waals surface area contributed by atoms with E-state index in [-0.39, 0.29) is 12.0 Å². The van der Waals surface area contributed by atoms with E-state index in [1.54, 1.807) is 0 Å². The zero-order chi connectivity index (χ0) is 13.6. The van der Waals surface area contributed by atoms with Gasteiger partial charge in [0.25, 0.3) is 0 Å². The summed E-state index contributed by atoms with van der Waals surface area (Å²) in [5.74, 6) is 1.74. The number of carbonyl (C=O) groups excluding carboxylic acids is 1. The van der Waals surface area contributed by atoms with E-state index in [2.05, 4.69) is 18.7 Å². The Morgan fingerprint density at radius 3 is 2.42 bits per heavy atom. The Morgan fingerprint density at radius 1 is 1.26 bits per heavy atom. The van der Waals surface area contributed by atoms with Crippen molar-refractivity contribution in [1.82, 2.24) is 4.90 Å². The highest BCUT2D eigenvalue weighted by molar-refractivity contribution is 5.80. The SMILES string of the molecule is CCC1(C)CCN(C(=O)C2C3CCC(C3)C2N)CC1. The first kappa shape index (κ1) is 13.4. The Bertz CT molecular complexity index is 358. The van der Waals surface area contributed by atoms with Crippen LogP contribution in [0.25, 0.3) is 0 Å². The van der Waals surface area contributed by atoms with Gasteiger partial charge in [0.15, 0.2) is 0 Å². The van der Waals surface area contributed by atoms with E-state index in [9.17, 15) is 4.79 Å². The third-order valence-corrected chi connectivity index (χ3v) is 6.40. The molecule has 1 aliphatic heterocycles. The van der Waals surface area contributed by atoms with Crippen LogP contribution in [0.3, 0.4) is 0 Å². The minimum absolute atomic E-state index is 0.143. The average molecular weight is 264 g/mol. The van der Waals surface area contributed by atoms with E-state index in [1.165, 1.54) is 25.7 Å². The molecule has 0 radical (unpaired) electrons. The minimum Gasteiger partial charge on any atom is -0.342 e. The van der Waals surface area contributed by atoms with Crippen molar-refractivity contribution in [3.8, 4) is 0 Å². The van der Waals surface area contributed by atoms with Crippen LogP contribution >= 0.6 is 0 Å². The molecule has 2 saturated carbocycles. The second-order valence-corrected chi connectivity index (χ2v) is 7.43. The predicted octanol–water partition coefficient (Wildman–Crippen LogP) is 2.40. The Labute approximate surface area is 116 Å². The lowest BCUT2D eigenvalue weighted by atomic mass is 9.77. The number of carbonyl (C=O) groups is 1. The molecule has 3 rings (SSSR count). The van der Waals surface area contributed by atoms with Gasteiger partial charge in [0, 0.05) is 19.1 Å². The van der Waals surface area contributed by atoms with E-state index in [1.807, 2.05) is 0 Å². The van der Waals surface area contributed by atoms with Crippen molar-refractivity contribution in [2.75, 3.05) is 13.1 Å². The normalized spacial score (nSPS) is 40.7. The minimum atomic E-state index is 0.143. The van der Waals surface area contributed by atoms with Gasteiger partial charge in [-0.3, -0.25) is 4.79 Å². The maximum Gasteiger partial charge on any atom is 0.227 e. The zero-order valence-corrected chi connectivity index (χ0v) is 12.4. The number of rotatable bonds is 2. The van der Waals surface area contributed by atoms with Gasteiger partial charge in [0.2, 0.25) is 5.91 Å². The van der Waals surface area contributed by atoms with E-state index >= 15 is 0 Å². The maximum atomic E-state index is 12.7. The number of likely N-dealkylation sites (tertiary alicyclic amines) is 1. The van der Waals surface area contributed by atoms with E-state index in [4.69, 9.17) is 5.73 Å². The van der Waals surface area contributed by atoms with Gasteiger partial charge in [-0.05, 0) is 49.4 Å². The van der Waals surface area contributed by atoms with E-state index in [0.717, 1.165) is 25.9 Å². The standard InChI is InChI=1S/C16H28N2O/c1-3-16(2)6-8-18(9-7-16)15(19)13-11-4-5-12(10-11)14(13)17/h11-14H,3-10,17H2,1-2H3. The fourth-order valence-electron chi connectivity index (χ4n) is 4.53. The molecule has 108 valence electrons. The summed E-state index contributed by atoms with van der Waals surface area (Å²) in [6.07, 6.45) is 7.23. The molecule has 1 saturated heterocycles. The third kappa shape index (κ3) is 2.20. The topological polar surface area (TPSA) is 46.3 Å². The summed E-state index contributed by atoms with van der Waals surface area (Å²) in [6, 6.07) is 0.144. The summed E-state index contributed by atoms with van der Waals surface area (Å²) < 4.78 is 0. The van der Waals surface area contributed by atoms with Crippen LogP contribution < -0.4 is 5.73 Å². The molecule has 2 aliphatic carbocycles. The third-order valence-electron chi connectivity index (χ3n) is 6.40. The van der Waals surface area contributed by atoms with Gasteiger partial charge in [-0.25, -0.2) is 0 Å². The van der Waals surface area contributed by atoms with Gasteiger partial charge in [-0.2, -0.15) is 0 Å². The van der Waals surface area contributed by atoms with Gasteiger partial charge in [0.1, 0.15) is 0 Å². The second-order valence-electron chi connectivity index (χ2n) is 7.43. The highest BCUT2D eigenvalue weighted by atomic mass is 16.2. The number of piperidine rings is 1. The molecule has 19 heavy (non-hydrogen) atoms. The quantitative estimate of drug-likeness (QED) is 0.832. The Kier molecular flexibility index (Phi) is 3.36. The molecule has 1 amide bonds. The molecule has 4 atom stereocenters. The molecule has 0 aromatic heterocycles. The molecule has 3 nitrogen and oxygen atoms in total. The molecule has 3 aliphatic rings. The second kappa shape index (κ2) is 4.76. The number of hydrogen-bond donors (Lipinski definition) is 1. The fourth-order valence-corrected chi connectivity index (χ4v) is 4.53. The summed E-state index contributed by atoms with van der Waals surface area (Å²) in [4.78, 5) is 14.9. The smallest absolute Gasteiger partial charge is 0.227 e. The van der Waals surface area contributed by atoms with Crippen LogP contribution in [0.1, 0.15) is 52.4 Å². The van der Waals surface area contributed by atoms with Crippen molar-refractivity contribution in [1.29, 1.82) is 0 Å². The van der Waals surface area contributed by atoms with E-state index < -0.39 is 0 Å². The summed E-state index contributed by atoms with van der Waals surface area (Å²) >= 11 is 0. The van der Waals surface area contributed by atoms with Crippen molar-refractivity contribution in [3.05, 3.63) is 0 Å². The van der Waals surface area contributed by atoms with Gasteiger partial charge in [-0.1, -0.05) is 20.3 Å². The first-order valence-corrected chi connectivity index (χ1v) is 8.08. The van der Waals surface area contributed by atoms with Gasteiger partial charge in [0.05, 0.1) is 5.92 Å². The summed E-state index contributed by atoms with van der Waals surface area (Å²) in [5, 5.41) is 0. The first-order valence-electron chi connectivity index (χ1n) is 8.08. The molecular formula is C16H28N2O. The van der Waals surface area contributed by atoms with Crippen LogP contribution in [-0.4, -0.2) is 29.9 Å². The van der Waals surface area contributed by atoms with Crippen LogP contribution in [0.15, 0.2) is 0 Å². The molecule has 4 unspecified atom stereocenters. The Morgan fingerprint density at radius 2 is 1.89 bits per heavy atom. The maximum absolute atomic E-state index is 12.7. The first-order chi connectivity index (χ1) is 9.04. The number of hydrogen-bond acceptors (Lipinski definition) is 2. The lowest BCUT2D eigenvalue weighted by Crippen LogP contribution is -2.50. The molecule has 3 fully saturated rings. The Balaban J connectivity index is 1.63. The van der Waals surface area contributed by atoms with Crippen molar-refractivity contribution in [2.24, 2.45) is 28.9 Å². The van der Waals surface area contributed by atoms with Crippen LogP contribution in [0, 0.1) is 23.2 Å². The molecule has 2 bridgehead atoms. The monoisotopic (exact) mass is 264 g/mol. The van der Waals surface area contributed by atoms with Crippen LogP contribution in [0.2, 0.25) is 0 Å². The van der Waals surface area contributed by atoms with E-state index in [0.29, 0.717) is 23.2 Å². The van der Waals surface area contributed by atoms with Gasteiger partial charge >= 0.3 is 0 Å². The highest BCUT2D eigenvalue weighted by Gasteiger charge is 2.50. The number of nitrogens with two attached hydrogens (primary N) is 1. The lowest BCUT2D eigenvalue weighted by molar-refractivity contribution is -0.140. The molecule has 1 heterocycles. The van der Waals surface area contributed by atoms with Crippen LogP contribution in [-0.2, 0) is 4.79 Å². The summed E-state index contributed by atoms with van der Waals surface area (Å²) in [5.41, 5.74) is 6.76. The van der Waals surface area contributed by atoms with Gasteiger partial charge in [-0.15, -0.1) is 0 Å². The van der Waals surface area contributed by atoms with Gasteiger partial charge < -0.3 is 10.6 Å². The summed E-state index contributed by atoms with van der Waals surface area (Å²) in [6.45, 7) is 6.52. The average Bonchev–Trinajstić information content (AvgIpc) is 3.00. The predicted molar refractivity (Wildman–Crippen MR) is 76.5 cm³/mol. The van der Waals surface area contributed by atoms with Crippen LogP contribution in [0.5, 0.6) is 0 Å². The molecule has 2 N–H and O–H groups in total. The largest absolute Gasteiger partial charge is 0.342 e. The number of nitrogens with zero attached hydrogens (tertiary/aromatic N) is 1. The molecule has 3 heteroatoms. The van der Waals surface area contributed by atoms with Crippen molar-refractivity contribution >= 4 is 5.91 Å². The molecule has 0 spiro atoms. The highest BCUT2D eigenvalue weighted by Crippen LogP contribution is 2.48. The number of amides is 1. The zero-order valence-electron chi connectivity index (χ0n) is 12.4. The van der Waals surface area contributed by atoms with Crippen molar-refractivity contribution in [3.63, 3.8) is 0 Å². The Hall–Kier alpha value is -0.570. The lowest BCUT2D eigenvalue weighted by Gasteiger charge is -2.41. The molecule has 0 aromatic rings. The van der Waals surface area contributed by atoms with Crippen molar-refractivity contribution < 1.29 is 4.79 Å². The van der Waals surface area contributed by atoms with Crippen molar-refractivity contribution in [2.45, 2.75) is 58.4 Å². The fraction of sp³-hybridized carbons (Fsp3) is 0.938. The molecular weight excluding hydrogens is 236 g/mol. The van der Waals surface area contributed by atoms with Crippen LogP contribution in [0.4, 0.5) is 0 Å². The number of fused-ring (bicyclic) bond motifs is 2. The molecule has 0 aromatic carbocycles.